The summed E-state index contributed by atoms with van der Waals surface area (Å²) in [6.45, 7) is 2.16. The number of nitrogens with zero attached hydrogens (tertiary/aromatic N) is 4. The summed E-state index contributed by atoms with van der Waals surface area (Å²) in [4.78, 5) is 25.0. The van der Waals surface area contributed by atoms with E-state index in [0.717, 1.165) is 28.9 Å². The molecule has 0 unspecified atom stereocenters. The molecule has 200 valence electrons. The highest BCUT2D eigenvalue weighted by Crippen LogP contribution is 2.35. The molecule has 0 aliphatic carbocycles. The number of carbonyl (C=O) groups is 1. The number of aromatic nitrogens is 2. The molecule has 0 spiro atoms. The van der Waals surface area contributed by atoms with E-state index in [0.29, 0.717) is 56.9 Å². The molecule has 0 bridgehead atoms. The molecule has 1 fully saturated rings. The third-order valence-electron chi connectivity index (χ3n) is 7.19. The fourth-order valence-electron chi connectivity index (χ4n) is 5.01. The van der Waals surface area contributed by atoms with Crippen LogP contribution in [0.15, 0.2) is 91.3 Å². The molecule has 1 aliphatic heterocycles. The van der Waals surface area contributed by atoms with Gasteiger partial charge in [0, 0.05) is 32.0 Å². The van der Waals surface area contributed by atoms with Gasteiger partial charge in [-0.05, 0) is 66.3 Å². The molecule has 2 N–H and O–H groups in total. The second-order valence-electron chi connectivity index (χ2n) is 9.82. The monoisotopic (exact) mass is 525 g/mol. The quantitative estimate of drug-likeness (QED) is 0.286. The number of benzene rings is 2. The first-order valence-corrected chi connectivity index (χ1v) is 13.2. The molecule has 2 aromatic heterocycles. The summed E-state index contributed by atoms with van der Waals surface area (Å²) in [5, 5.41) is 14.6. The lowest BCUT2D eigenvalue weighted by Crippen LogP contribution is -2.43. The fourth-order valence-corrected chi connectivity index (χ4v) is 5.01. The molecule has 5 rings (SSSR count). The molecule has 0 atom stereocenters. The smallest absolute Gasteiger partial charge is 0.214 e. The average molecular weight is 526 g/mol. The Balaban J connectivity index is 1.36. The zero-order chi connectivity index (χ0) is 27.1. The predicted molar refractivity (Wildman–Crippen MR) is 151 cm³/mol. The molecule has 3 heterocycles. The van der Waals surface area contributed by atoms with Crippen LogP contribution in [0.4, 0.5) is 21.7 Å². The number of anilines is 3. The molecule has 39 heavy (non-hydrogen) atoms. The van der Waals surface area contributed by atoms with Gasteiger partial charge in [0.2, 0.25) is 6.41 Å². The van der Waals surface area contributed by atoms with Gasteiger partial charge in [-0.25, -0.2) is 9.37 Å². The van der Waals surface area contributed by atoms with Crippen LogP contribution in [0, 0.1) is 5.82 Å². The van der Waals surface area contributed by atoms with Gasteiger partial charge in [-0.3, -0.25) is 9.78 Å². The molecular weight excluding hydrogens is 493 g/mol. The molecule has 8 heteroatoms. The summed E-state index contributed by atoms with van der Waals surface area (Å²) < 4.78 is 13.7. The van der Waals surface area contributed by atoms with E-state index < -0.39 is 5.60 Å². The zero-order valence-corrected chi connectivity index (χ0v) is 21.7. The predicted octanol–water partition coefficient (Wildman–Crippen LogP) is 4.92. The maximum Gasteiger partial charge on any atom is 0.214 e. The van der Waals surface area contributed by atoms with Crippen molar-refractivity contribution in [3.63, 3.8) is 0 Å². The minimum absolute atomic E-state index is 0.266. The second kappa shape index (κ2) is 12.0. The Morgan fingerprint density at radius 1 is 1.00 bits per heavy atom. The Hall–Kier alpha value is -4.30. The Bertz CT molecular complexity index is 1380. The Morgan fingerprint density at radius 2 is 1.79 bits per heavy atom. The van der Waals surface area contributed by atoms with E-state index in [9.17, 15) is 14.3 Å². The maximum absolute atomic E-state index is 13.7. The molecule has 2 aromatic carbocycles. The first kappa shape index (κ1) is 26.3. The lowest BCUT2D eigenvalue weighted by Gasteiger charge is -2.39. The summed E-state index contributed by atoms with van der Waals surface area (Å²) in [5.41, 5.74) is 2.50. The van der Waals surface area contributed by atoms with Crippen LogP contribution < -0.4 is 15.1 Å². The standard InChI is InChI=1S/C31H32FN5O2/c32-27-10-4-6-24(20-27)13-17-34-30-28(37(23-38)22-25-7-5-16-33-21-25)11-12-29(35-30)36-18-14-31(39,15-19-36)26-8-2-1-3-9-26/h1-12,16,20-21,23,39H,13-15,17-19,22H2,(H,34,35). The number of hydrogen-bond acceptors (Lipinski definition) is 6. The summed E-state index contributed by atoms with van der Waals surface area (Å²) in [7, 11) is 0. The van der Waals surface area contributed by atoms with Gasteiger partial charge in [0.05, 0.1) is 17.8 Å². The number of rotatable bonds is 10. The van der Waals surface area contributed by atoms with Crippen molar-refractivity contribution < 1.29 is 14.3 Å². The van der Waals surface area contributed by atoms with Crippen LogP contribution in [0.3, 0.4) is 0 Å². The van der Waals surface area contributed by atoms with Gasteiger partial charge in [0.15, 0.2) is 5.82 Å². The average Bonchev–Trinajstić information content (AvgIpc) is 2.97. The van der Waals surface area contributed by atoms with Crippen LogP contribution in [0.2, 0.25) is 0 Å². The molecule has 1 saturated heterocycles. The summed E-state index contributed by atoms with van der Waals surface area (Å²) in [6.07, 6.45) is 6.00. The summed E-state index contributed by atoms with van der Waals surface area (Å²) in [5.74, 6) is 1.08. The molecule has 0 saturated carbocycles. The van der Waals surface area contributed by atoms with Gasteiger partial charge in [0.1, 0.15) is 11.6 Å². The number of amides is 1. The highest BCUT2D eigenvalue weighted by molar-refractivity contribution is 5.82. The van der Waals surface area contributed by atoms with Gasteiger partial charge in [-0.2, -0.15) is 0 Å². The van der Waals surface area contributed by atoms with Crippen molar-refractivity contribution in [3.05, 3.63) is 114 Å². The van der Waals surface area contributed by atoms with Gasteiger partial charge in [-0.15, -0.1) is 0 Å². The zero-order valence-electron chi connectivity index (χ0n) is 21.7. The first-order valence-electron chi connectivity index (χ1n) is 13.2. The van der Waals surface area contributed by atoms with Crippen molar-refractivity contribution in [1.29, 1.82) is 0 Å². The Morgan fingerprint density at radius 3 is 2.51 bits per heavy atom. The van der Waals surface area contributed by atoms with Crippen LogP contribution in [0.5, 0.6) is 0 Å². The molecule has 0 radical (unpaired) electrons. The molecule has 7 nitrogen and oxygen atoms in total. The van der Waals surface area contributed by atoms with Crippen LogP contribution in [0.1, 0.15) is 29.5 Å². The minimum atomic E-state index is -0.859. The lowest BCUT2D eigenvalue weighted by molar-refractivity contribution is -0.107. The van der Waals surface area contributed by atoms with Gasteiger partial charge < -0.3 is 20.2 Å². The van der Waals surface area contributed by atoms with Gasteiger partial charge >= 0.3 is 0 Å². The van der Waals surface area contributed by atoms with E-state index in [1.807, 2.05) is 60.7 Å². The van der Waals surface area contributed by atoms with Gasteiger partial charge in [-0.1, -0.05) is 48.5 Å². The number of hydrogen-bond donors (Lipinski definition) is 2. The number of carbonyl (C=O) groups excluding carboxylic acids is 1. The van der Waals surface area contributed by atoms with Crippen molar-refractivity contribution in [2.45, 2.75) is 31.4 Å². The van der Waals surface area contributed by atoms with E-state index >= 15 is 0 Å². The van der Waals surface area contributed by atoms with Crippen molar-refractivity contribution >= 4 is 23.7 Å². The number of nitrogens with one attached hydrogen (secondary N) is 1. The van der Waals surface area contributed by atoms with E-state index in [-0.39, 0.29) is 5.82 Å². The first-order chi connectivity index (χ1) is 19.0. The molecule has 1 aliphatic rings. The second-order valence-corrected chi connectivity index (χ2v) is 9.82. The fraction of sp³-hybridized carbons (Fsp3) is 0.258. The van der Waals surface area contributed by atoms with E-state index in [2.05, 4.69) is 15.2 Å². The van der Waals surface area contributed by atoms with Crippen LogP contribution >= 0.6 is 0 Å². The van der Waals surface area contributed by atoms with Crippen LogP contribution in [-0.4, -0.2) is 41.1 Å². The molecular formula is C31H32FN5O2. The molecule has 1 amide bonds. The third kappa shape index (κ3) is 6.41. The highest BCUT2D eigenvalue weighted by atomic mass is 19.1. The number of pyridine rings is 2. The number of piperidine rings is 1. The van der Waals surface area contributed by atoms with Crippen molar-refractivity contribution in [2.75, 3.05) is 34.8 Å². The Kier molecular flexibility index (Phi) is 8.13. The topological polar surface area (TPSA) is 81.6 Å². The van der Waals surface area contributed by atoms with Crippen molar-refractivity contribution in [1.82, 2.24) is 9.97 Å². The Labute approximate surface area is 228 Å². The molecule has 4 aromatic rings. The number of halogens is 1. The third-order valence-corrected chi connectivity index (χ3v) is 7.19. The SMILES string of the molecule is O=CN(Cc1cccnc1)c1ccc(N2CCC(O)(c3ccccc3)CC2)nc1NCCc1cccc(F)c1. The van der Waals surface area contributed by atoms with Crippen LogP contribution in [0.25, 0.3) is 0 Å². The van der Waals surface area contributed by atoms with Gasteiger partial charge in [0.25, 0.3) is 0 Å². The van der Waals surface area contributed by atoms with Crippen LogP contribution in [-0.2, 0) is 23.4 Å². The minimum Gasteiger partial charge on any atom is -0.385 e. The van der Waals surface area contributed by atoms with Crippen molar-refractivity contribution in [3.8, 4) is 0 Å². The summed E-state index contributed by atoms with van der Waals surface area (Å²) >= 11 is 0. The van der Waals surface area contributed by atoms with Crippen molar-refractivity contribution in [2.24, 2.45) is 0 Å². The lowest BCUT2D eigenvalue weighted by atomic mass is 9.84. The number of aliphatic hydroxyl groups is 1. The van der Waals surface area contributed by atoms with E-state index in [1.54, 1.807) is 23.4 Å². The van der Waals surface area contributed by atoms with E-state index in [1.165, 1.54) is 12.1 Å². The normalized spacial score (nSPS) is 14.6. The maximum atomic E-state index is 13.7. The summed E-state index contributed by atoms with van der Waals surface area (Å²) in [6, 6.07) is 23.9. The largest absolute Gasteiger partial charge is 0.385 e. The highest BCUT2D eigenvalue weighted by Gasteiger charge is 2.34. The van der Waals surface area contributed by atoms with E-state index in [4.69, 9.17) is 4.98 Å².